The normalized spacial score (nSPS) is 17.6. The second-order valence-electron chi connectivity index (χ2n) is 8.40. The van der Waals surface area contributed by atoms with Crippen molar-refractivity contribution in [2.45, 2.75) is 39.0 Å². The predicted molar refractivity (Wildman–Crippen MR) is 116 cm³/mol. The van der Waals surface area contributed by atoms with E-state index in [9.17, 15) is 14.7 Å². The second-order valence-corrected chi connectivity index (χ2v) is 8.78. The van der Waals surface area contributed by atoms with Crippen molar-refractivity contribution in [2.75, 3.05) is 26.2 Å². The summed E-state index contributed by atoms with van der Waals surface area (Å²) in [4.78, 5) is 27.9. The van der Waals surface area contributed by atoms with E-state index in [1.165, 1.54) is 12.3 Å². The van der Waals surface area contributed by atoms with Crippen molar-refractivity contribution in [3.05, 3.63) is 46.7 Å². The Hall–Kier alpha value is -2.62. The summed E-state index contributed by atoms with van der Waals surface area (Å²) in [5.41, 5.74) is 5.23. The first-order valence-electron chi connectivity index (χ1n) is 10.1. The number of halogens is 1. The SMILES string of the molecule is CC1CN(Cc2cccc(OCC(C)(C)O)c2Cl)CCN1C(=O)n1ccc(C(N)=O)n1. The minimum atomic E-state index is -0.954. The maximum atomic E-state index is 12.8. The number of hydrogen-bond acceptors (Lipinski definition) is 6. The zero-order valence-corrected chi connectivity index (χ0v) is 18.7. The van der Waals surface area contributed by atoms with Crippen molar-refractivity contribution in [1.29, 1.82) is 0 Å². The summed E-state index contributed by atoms with van der Waals surface area (Å²) in [5, 5.41) is 14.3. The number of nitrogens with two attached hydrogens (primary N) is 1. The molecule has 1 unspecified atom stereocenters. The predicted octanol–water partition coefficient (Wildman–Crippen LogP) is 1.96. The standard InChI is InChI=1S/C21H28ClN5O4/c1-14-11-25(9-10-26(14)20(29)27-8-7-16(24-27)19(23)28)12-15-5-4-6-17(18(15)22)31-13-21(2,3)30/h4-8,14,30H,9-13H2,1-3H3,(H2,23,28). The van der Waals surface area contributed by atoms with Crippen LogP contribution in [0, 0.1) is 0 Å². The molecular weight excluding hydrogens is 422 g/mol. The molecule has 0 bridgehead atoms. The van der Waals surface area contributed by atoms with Gasteiger partial charge in [-0.1, -0.05) is 23.7 Å². The molecule has 3 rings (SSSR count). The van der Waals surface area contributed by atoms with E-state index < -0.39 is 11.5 Å². The molecule has 1 saturated heterocycles. The molecule has 3 N–H and O–H groups in total. The Labute approximate surface area is 186 Å². The summed E-state index contributed by atoms with van der Waals surface area (Å²) in [6, 6.07) is 6.67. The number of piperazine rings is 1. The highest BCUT2D eigenvalue weighted by molar-refractivity contribution is 6.32. The number of amides is 2. The highest BCUT2D eigenvalue weighted by atomic mass is 35.5. The van der Waals surface area contributed by atoms with Crippen molar-refractivity contribution in [2.24, 2.45) is 5.73 Å². The van der Waals surface area contributed by atoms with E-state index in [2.05, 4.69) is 10.00 Å². The largest absolute Gasteiger partial charge is 0.489 e. The smallest absolute Gasteiger partial charge is 0.344 e. The van der Waals surface area contributed by atoms with Crippen LogP contribution in [-0.4, -0.2) is 74.5 Å². The summed E-state index contributed by atoms with van der Waals surface area (Å²) in [6.07, 6.45) is 1.44. The molecule has 2 aromatic rings. The van der Waals surface area contributed by atoms with E-state index in [4.69, 9.17) is 22.1 Å². The van der Waals surface area contributed by atoms with Crippen LogP contribution in [0.2, 0.25) is 5.02 Å². The number of aliphatic hydroxyl groups is 1. The molecule has 1 aromatic carbocycles. The van der Waals surface area contributed by atoms with Crippen LogP contribution in [0.3, 0.4) is 0 Å². The number of primary amides is 1. The van der Waals surface area contributed by atoms with Gasteiger partial charge in [0, 0.05) is 38.4 Å². The van der Waals surface area contributed by atoms with E-state index in [1.807, 2.05) is 19.1 Å². The summed E-state index contributed by atoms with van der Waals surface area (Å²) in [6.45, 7) is 7.88. The van der Waals surface area contributed by atoms with Gasteiger partial charge in [0.2, 0.25) is 0 Å². The molecule has 1 aliphatic heterocycles. The average molecular weight is 450 g/mol. The van der Waals surface area contributed by atoms with Gasteiger partial charge in [-0.15, -0.1) is 0 Å². The van der Waals surface area contributed by atoms with Crippen molar-refractivity contribution in [3.8, 4) is 5.75 Å². The molecule has 2 amide bonds. The number of carbonyl (C=O) groups is 2. The Kier molecular flexibility index (Phi) is 6.88. The molecule has 9 nitrogen and oxygen atoms in total. The second kappa shape index (κ2) is 9.25. The number of benzene rings is 1. The van der Waals surface area contributed by atoms with Crippen LogP contribution in [-0.2, 0) is 6.54 Å². The fraction of sp³-hybridized carbons (Fsp3) is 0.476. The number of aromatic nitrogens is 2. The molecule has 2 heterocycles. The van der Waals surface area contributed by atoms with E-state index in [1.54, 1.807) is 24.8 Å². The van der Waals surface area contributed by atoms with Gasteiger partial charge in [0.1, 0.15) is 12.4 Å². The highest BCUT2D eigenvalue weighted by Gasteiger charge is 2.29. The Morgan fingerprint density at radius 1 is 1.32 bits per heavy atom. The number of nitrogens with zero attached hydrogens (tertiary/aromatic N) is 4. The lowest BCUT2D eigenvalue weighted by molar-refractivity contribution is 0.0284. The van der Waals surface area contributed by atoms with Crippen molar-refractivity contribution >= 4 is 23.5 Å². The third kappa shape index (κ3) is 5.75. The Bertz CT molecular complexity index is 955. The van der Waals surface area contributed by atoms with Crippen LogP contribution >= 0.6 is 11.6 Å². The first-order valence-corrected chi connectivity index (χ1v) is 10.4. The van der Waals surface area contributed by atoms with Crippen LogP contribution in [0.1, 0.15) is 36.8 Å². The molecule has 0 saturated carbocycles. The summed E-state index contributed by atoms with van der Waals surface area (Å²) in [5.74, 6) is -0.137. The van der Waals surface area contributed by atoms with Crippen molar-refractivity contribution in [3.63, 3.8) is 0 Å². The molecule has 0 radical (unpaired) electrons. The summed E-state index contributed by atoms with van der Waals surface area (Å²) >= 11 is 6.53. The summed E-state index contributed by atoms with van der Waals surface area (Å²) < 4.78 is 6.82. The number of carbonyl (C=O) groups excluding carboxylic acids is 2. The molecule has 0 spiro atoms. The lowest BCUT2D eigenvalue weighted by atomic mass is 10.1. The monoisotopic (exact) mass is 449 g/mol. The maximum Gasteiger partial charge on any atom is 0.344 e. The fourth-order valence-corrected chi connectivity index (χ4v) is 3.68. The molecule has 1 aromatic heterocycles. The van der Waals surface area contributed by atoms with Gasteiger partial charge in [-0.25, -0.2) is 4.79 Å². The quantitative estimate of drug-likeness (QED) is 0.696. The number of hydrogen-bond donors (Lipinski definition) is 2. The molecule has 10 heteroatoms. The highest BCUT2D eigenvalue weighted by Crippen LogP contribution is 2.30. The van der Waals surface area contributed by atoms with Gasteiger partial charge in [-0.05, 0) is 38.5 Å². The Balaban J connectivity index is 1.62. The third-order valence-corrected chi connectivity index (χ3v) is 5.44. The molecule has 1 fully saturated rings. The van der Waals surface area contributed by atoms with Crippen LogP contribution in [0.25, 0.3) is 0 Å². The van der Waals surface area contributed by atoms with Crippen molar-refractivity contribution in [1.82, 2.24) is 19.6 Å². The van der Waals surface area contributed by atoms with Crippen LogP contribution in [0.4, 0.5) is 4.79 Å². The van der Waals surface area contributed by atoms with Gasteiger partial charge in [0.05, 0.1) is 10.6 Å². The minimum absolute atomic E-state index is 0.0565. The van der Waals surface area contributed by atoms with Gasteiger partial charge < -0.3 is 20.5 Å². The van der Waals surface area contributed by atoms with Crippen molar-refractivity contribution < 1.29 is 19.4 Å². The fourth-order valence-electron chi connectivity index (χ4n) is 3.44. The molecule has 1 atom stereocenters. The topological polar surface area (TPSA) is 114 Å². The van der Waals surface area contributed by atoms with Gasteiger partial charge >= 0.3 is 6.03 Å². The van der Waals surface area contributed by atoms with Crippen LogP contribution < -0.4 is 10.5 Å². The Morgan fingerprint density at radius 2 is 2.06 bits per heavy atom. The molecule has 168 valence electrons. The molecule has 1 aliphatic rings. The first kappa shape index (κ1) is 23.1. The van der Waals surface area contributed by atoms with Gasteiger partial charge in [0.15, 0.2) is 5.69 Å². The summed E-state index contributed by atoms with van der Waals surface area (Å²) in [7, 11) is 0. The maximum absolute atomic E-state index is 12.8. The third-order valence-electron chi connectivity index (χ3n) is 5.01. The zero-order valence-electron chi connectivity index (χ0n) is 17.9. The van der Waals surface area contributed by atoms with E-state index in [-0.39, 0.29) is 24.4 Å². The lowest BCUT2D eigenvalue weighted by Crippen LogP contribution is -2.54. The minimum Gasteiger partial charge on any atom is -0.489 e. The molecular formula is C21H28ClN5O4. The number of rotatable bonds is 6. The van der Waals surface area contributed by atoms with Crippen LogP contribution in [0.5, 0.6) is 5.75 Å². The lowest BCUT2D eigenvalue weighted by Gasteiger charge is -2.39. The Morgan fingerprint density at radius 3 is 2.68 bits per heavy atom. The van der Waals surface area contributed by atoms with Crippen LogP contribution in [0.15, 0.2) is 30.5 Å². The van der Waals surface area contributed by atoms with E-state index in [0.717, 1.165) is 10.2 Å². The van der Waals surface area contributed by atoms with E-state index in [0.29, 0.717) is 37.0 Å². The molecule has 0 aliphatic carbocycles. The van der Waals surface area contributed by atoms with Gasteiger partial charge in [0.25, 0.3) is 5.91 Å². The average Bonchev–Trinajstić information content (AvgIpc) is 3.18. The molecule has 31 heavy (non-hydrogen) atoms. The zero-order chi connectivity index (χ0) is 22.8. The van der Waals surface area contributed by atoms with E-state index >= 15 is 0 Å². The van der Waals surface area contributed by atoms with Gasteiger partial charge in [-0.3, -0.25) is 9.69 Å². The number of ether oxygens (including phenoxy) is 1. The van der Waals surface area contributed by atoms with Gasteiger partial charge in [-0.2, -0.15) is 9.78 Å². The first-order chi connectivity index (χ1) is 14.5.